The highest BCUT2D eigenvalue weighted by Crippen LogP contribution is 2.36. The Bertz CT molecular complexity index is 464. The molecule has 0 bridgehead atoms. The molecule has 108 valence electrons. The first-order valence-corrected chi connectivity index (χ1v) is 7.50. The van der Waals surface area contributed by atoms with Crippen LogP contribution in [0, 0.1) is 17.7 Å². The highest BCUT2D eigenvalue weighted by Gasteiger charge is 2.31. The molecule has 1 saturated carbocycles. The maximum absolute atomic E-state index is 13.1. The molecule has 0 aromatic heterocycles. The fourth-order valence-corrected chi connectivity index (χ4v) is 3.18. The van der Waals surface area contributed by atoms with E-state index in [1.165, 1.54) is 25.0 Å². The Morgan fingerprint density at radius 2 is 1.85 bits per heavy atom. The lowest BCUT2D eigenvalue weighted by atomic mass is 9.90. The van der Waals surface area contributed by atoms with Crippen LogP contribution in [0.2, 0.25) is 0 Å². The molecule has 1 heterocycles. The zero-order valence-electron chi connectivity index (χ0n) is 11.6. The van der Waals surface area contributed by atoms with Gasteiger partial charge in [0.2, 0.25) is 5.91 Å². The van der Waals surface area contributed by atoms with Gasteiger partial charge in [-0.2, -0.15) is 0 Å². The molecule has 1 aliphatic carbocycles. The predicted molar refractivity (Wildman–Crippen MR) is 75.6 cm³/mol. The van der Waals surface area contributed by atoms with Crippen LogP contribution >= 0.6 is 0 Å². The normalized spacial score (nSPS) is 21.4. The topological polar surface area (TPSA) is 41.1 Å². The van der Waals surface area contributed by atoms with Crippen molar-refractivity contribution in [1.82, 2.24) is 10.6 Å². The van der Waals surface area contributed by atoms with Crippen molar-refractivity contribution in [1.29, 1.82) is 0 Å². The van der Waals surface area contributed by atoms with E-state index < -0.39 is 0 Å². The number of amides is 1. The van der Waals surface area contributed by atoms with Gasteiger partial charge < -0.3 is 10.6 Å². The average Bonchev–Trinajstić information content (AvgIpc) is 2.88. The summed E-state index contributed by atoms with van der Waals surface area (Å²) in [4.78, 5) is 12.2. The Balaban J connectivity index is 1.75. The van der Waals surface area contributed by atoms with Crippen molar-refractivity contribution in [3.63, 3.8) is 0 Å². The smallest absolute Gasteiger partial charge is 0.226 e. The third-order valence-corrected chi connectivity index (χ3v) is 4.55. The summed E-state index contributed by atoms with van der Waals surface area (Å²) < 4.78 is 13.1. The zero-order valence-corrected chi connectivity index (χ0v) is 11.6. The second-order valence-corrected chi connectivity index (χ2v) is 5.94. The Hall–Kier alpha value is -1.42. The van der Waals surface area contributed by atoms with E-state index in [1.807, 2.05) is 0 Å². The van der Waals surface area contributed by atoms with Gasteiger partial charge in [0, 0.05) is 13.1 Å². The van der Waals surface area contributed by atoms with Crippen LogP contribution in [0.5, 0.6) is 0 Å². The summed E-state index contributed by atoms with van der Waals surface area (Å²) in [6, 6.07) is 6.60. The molecular formula is C16H21FN2O. The summed E-state index contributed by atoms with van der Waals surface area (Å²) in [5.41, 5.74) is 1.03. The van der Waals surface area contributed by atoms with Crippen LogP contribution in [-0.2, 0) is 4.79 Å². The molecule has 0 spiro atoms. The molecule has 2 N–H and O–H groups in total. The summed E-state index contributed by atoms with van der Waals surface area (Å²) in [5.74, 6) is 0.482. The Morgan fingerprint density at radius 3 is 2.40 bits per heavy atom. The monoisotopic (exact) mass is 276 g/mol. The van der Waals surface area contributed by atoms with E-state index in [9.17, 15) is 9.18 Å². The lowest BCUT2D eigenvalue weighted by molar-refractivity contribution is -0.127. The van der Waals surface area contributed by atoms with E-state index >= 15 is 0 Å². The summed E-state index contributed by atoms with van der Waals surface area (Å²) >= 11 is 0. The first-order valence-electron chi connectivity index (χ1n) is 7.50. The van der Waals surface area contributed by atoms with Gasteiger partial charge in [-0.25, -0.2) is 4.39 Å². The minimum absolute atomic E-state index is 0.0335. The van der Waals surface area contributed by atoms with Crippen molar-refractivity contribution >= 4 is 5.91 Å². The van der Waals surface area contributed by atoms with E-state index in [0.29, 0.717) is 5.92 Å². The van der Waals surface area contributed by atoms with Crippen LogP contribution in [0.1, 0.15) is 37.3 Å². The first kappa shape index (κ1) is 13.6. The van der Waals surface area contributed by atoms with Gasteiger partial charge in [0.15, 0.2) is 0 Å². The Kier molecular flexibility index (Phi) is 4.01. The fraction of sp³-hybridized carbons (Fsp3) is 0.562. The van der Waals surface area contributed by atoms with Crippen LogP contribution in [0.3, 0.4) is 0 Å². The minimum atomic E-state index is -0.228. The van der Waals surface area contributed by atoms with Crippen molar-refractivity contribution in [2.75, 3.05) is 13.1 Å². The molecule has 1 unspecified atom stereocenters. The van der Waals surface area contributed by atoms with E-state index in [0.717, 1.165) is 31.5 Å². The van der Waals surface area contributed by atoms with Gasteiger partial charge in [0.25, 0.3) is 0 Å². The molecule has 1 atom stereocenters. The molecule has 2 fully saturated rings. The Morgan fingerprint density at radius 1 is 1.20 bits per heavy atom. The number of halogens is 1. The largest absolute Gasteiger partial charge is 0.349 e. The van der Waals surface area contributed by atoms with Gasteiger partial charge >= 0.3 is 0 Å². The highest BCUT2D eigenvalue weighted by atomic mass is 19.1. The molecule has 1 saturated heterocycles. The maximum Gasteiger partial charge on any atom is 0.226 e. The van der Waals surface area contributed by atoms with E-state index in [1.54, 1.807) is 12.1 Å². The highest BCUT2D eigenvalue weighted by molar-refractivity contribution is 5.80. The minimum Gasteiger partial charge on any atom is -0.349 e. The molecule has 1 aromatic rings. The van der Waals surface area contributed by atoms with Crippen LogP contribution in [0.25, 0.3) is 0 Å². The van der Waals surface area contributed by atoms with Crippen LogP contribution < -0.4 is 10.6 Å². The zero-order chi connectivity index (χ0) is 13.9. The molecule has 3 rings (SSSR count). The molecule has 1 aromatic carbocycles. The van der Waals surface area contributed by atoms with Crippen molar-refractivity contribution in [3.05, 3.63) is 35.6 Å². The molecule has 4 heteroatoms. The molecular weight excluding hydrogens is 255 g/mol. The lowest BCUT2D eigenvalue weighted by Gasteiger charge is -2.31. The standard InChI is InChI=1S/C16H21FN2O/c17-14-7-5-12(6-8-14)15(11-3-1-2-4-11)19-16(20)13-9-18-10-13/h5-8,11,13,15,18H,1-4,9-10H2,(H,19,20). The summed E-state index contributed by atoms with van der Waals surface area (Å²) in [6.45, 7) is 1.54. The van der Waals surface area contributed by atoms with Crippen molar-refractivity contribution in [2.45, 2.75) is 31.7 Å². The predicted octanol–water partition coefficient (Wildman–Crippen LogP) is 2.39. The molecule has 1 amide bonds. The lowest BCUT2D eigenvalue weighted by Crippen LogP contribution is -2.51. The Labute approximate surface area is 118 Å². The summed E-state index contributed by atoms with van der Waals surface area (Å²) in [7, 11) is 0. The first-order chi connectivity index (χ1) is 9.74. The van der Waals surface area contributed by atoms with Crippen molar-refractivity contribution < 1.29 is 9.18 Å². The van der Waals surface area contributed by atoms with Crippen molar-refractivity contribution in [3.8, 4) is 0 Å². The third kappa shape index (κ3) is 2.85. The SMILES string of the molecule is O=C(NC(c1ccc(F)cc1)C1CCCC1)C1CNC1. The van der Waals surface area contributed by atoms with Crippen LogP contribution in [0.15, 0.2) is 24.3 Å². The summed E-state index contributed by atoms with van der Waals surface area (Å²) in [5, 5.41) is 6.32. The third-order valence-electron chi connectivity index (χ3n) is 4.55. The van der Waals surface area contributed by atoms with Gasteiger partial charge in [-0.3, -0.25) is 4.79 Å². The number of carbonyl (C=O) groups is 1. The van der Waals surface area contributed by atoms with Crippen molar-refractivity contribution in [2.24, 2.45) is 11.8 Å². The van der Waals surface area contributed by atoms with Crippen LogP contribution in [-0.4, -0.2) is 19.0 Å². The maximum atomic E-state index is 13.1. The molecule has 2 aliphatic rings. The van der Waals surface area contributed by atoms with Crippen LogP contribution in [0.4, 0.5) is 4.39 Å². The summed E-state index contributed by atoms with van der Waals surface area (Å²) in [6.07, 6.45) is 4.74. The van der Waals surface area contributed by atoms with E-state index in [4.69, 9.17) is 0 Å². The fourth-order valence-electron chi connectivity index (χ4n) is 3.18. The van der Waals surface area contributed by atoms with Gasteiger partial charge in [-0.1, -0.05) is 25.0 Å². The quantitative estimate of drug-likeness (QED) is 0.886. The van der Waals surface area contributed by atoms with Gasteiger partial charge in [-0.15, -0.1) is 0 Å². The number of benzene rings is 1. The van der Waals surface area contributed by atoms with Gasteiger partial charge in [-0.05, 0) is 36.5 Å². The molecule has 20 heavy (non-hydrogen) atoms. The number of rotatable bonds is 4. The molecule has 0 radical (unpaired) electrons. The molecule has 1 aliphatic heterocycles. The number of hydrogen-bond donors (Lipinski definition) is 2. The molecule has 3 nitrogen and oxygen atoms in total. The van der Waals surface area contributed by atoms with Gasteiger partial charge in [0.05, 0.1) is 12.0 Å². The number of carbonyl (C=O) groups excluding carboxylic acids is 1. The van der Waals surface area contributed by atoms with E-state index in [-0.39, 0.29) is 23.7 Å². The number of hydrogen-bond acceptors (Lipinski definition) is 2. The number of nitrogens with one attached hydrogen (secondary N) is 2. The van der Waals surface area contributed by atoms with E-state index in [2.05, 4.69) is 10.6 Å². The average molecular weight is 276 g/mol. The second kappa shape index (κ2) is 5.92. The second-order valence-electron chi connectivity index (χ2n) is 5.94. The van der Waals surface area contributed by atoms with Gasteiger partial charge in [0.1, 0.15) is 5.82 Å².